The highest BCUT2D eigenvalue weighted by molar-refractivity contribution is 7.91. The number of hydrogen-bond acceptors (Lipinski definition) is 4. The molecule has 6 heteroatoms. The van der Waals surface area contributed by atoms with Crippen molar-refractivity contribution < 1.29 is 13.2 Å². The van der Waals surface area contributed by atoms with E-state index in [1.165, 1.54) is 10.4 Å². The molecule has 1 amide bonds. The third-order valence-electron chi connectivity index (χ3n) is 4.03. The van der Waals surface area contributed by atoms with Gasteiger partial charge in [-0.05, 0) is 42.2 Å². The highest BCUT2D eigenvalue weighted by atomic mass is 32.2. The second-order valence-corrected chi connectivity index (χ2v) is 9.90. The van der Waals surface area contributed by atoms with Gasteiger partial charge in [-0.1, -0.05) is 13.8 Å². The molecule has 2 rings (SSSR count). The summed E-state index contributed by atoms with van der Waals surface area (Å²) in [4.78, 5) is 15.7. The van der Waals surface area contributed by atoms with Gasteiger partial charge in [-0.3, -0.25) is 4.79 Å². The molecule has 1 saturated heterocycles. The van der Waals surface area contributed by atoms with Crippen LogP contribution in [0.15, 0.2) is 11.4 Å². The maximum absolute atomic E-state index is 12.6. The predicted molar refractivity (Wildman–Crippen MR) is 90.7 cm³/mol. The van der Waals surface area contributed by atoms with Crippen molar-refractivity contribution in [3.63, 3.8) is 0 Å². The van der Waals surface area contributed by atoms with Crippen molar-refractivity contribution in [2.75, 3.05) is 18.1 Å². The van der Waals surface area contributed by atoms with Crippen molar-refractivity contribution in [1.29, 1.82) is 0 Å². The number of thiophene rings is 1. The lowest BCUT2D eigenvalue weighted by molar-refractivity contribution is -0.133. The minimum atomic E-state index is -2.92. The predicted octanol–water partition coefficient (Wildman–Crippen LogP) is 2.87. The molecule has 4 nitrogen and oxygen atoms in total. The number of rotatable bonds is 6. The SMILES string of the molecule is Cc1ccsc1CN(CC(C)C)C(=O)CC1CCS(=O)(=O)C1. The molecule has 1 aliphatic heterocycles. The van der Waals surface area contributed by atoms with Gasteiger partial charge in [0.15, 0.2) is 9.84 Å². The largest absolute Gasteiger partial charge is 0.337 e. The maximum Gasteiger partial charge on any atom is 0.223 e. The average molecular weight is 344 g/mol. The molecule has 1 aromatic rings. The van der Waals surface area contributed by atoms with E-state index < -0.39 is 9.84 Å². The molecule has 0 spiro atoms. The molecule has 0 N–H and O–H groups in total. The number of amides is 1. The summed E-state index contributed by atoms with van der Waals surface area (Å²) in [6.45, 7) is 7.62. The van der Waals surface area contributed by atoms with Crippen LogP contribution in [0, 0.1) is 18.8 Å². The average Bonchev–Trinajstić information content (AvgIpc) is 2.94. The topological polar surface area (TPSA) is 54.5 Å². The Kier molecular flexibility index (Phi) is 5.66. The lowest BCUT2D eigenvalue weighted by Crippen LogP contribution is -2.35. The summed E-state index contributed by atoms with van der Waals surface area (Å²) < 4.78 is 23.1. The van der Waals surface area contributed by atoms with E-state index in [1.54, 1.807) is 11.3 Å². The zero-order valence-corrected chi connectivity index (χ0v) is 15.2. The minimum Gasteiger partial charge on any atom is -0.337 e. The van der Waals surface area contributed by atoms with Gasteiger partial charge in [0.1, 0.15) is 0 Å². The second-order valence-electron chi connectivity index (χ2n) is 6.67. The molecule has 124 valence electrons. The molecule has 1 aliphatic rings. The van der Waals surface area contributed by atoms with Crippen molar-refractivity contribution in [2.24, 2.45) is 11.8 Å². The first kappa shape index (κ1) is 17.5. The fourth-order valence-corrected chi connectivity index (χ4v) is 5.63. The first-order valence-corrected chi connectivity index (χ1v) is 10.5. The molecule has 1 fully saturated rings. The van der Waals surface area contributed by atoms with E-state index in [0.29, 0.717) is 25.3 Å². The zero-order chi connectivity index (χ0) is 16.3. The molecule has 0 radical (unpaired) electrons. The number of sulfone groups is 1. The Labute approximate surface area is 137 Å². The Balaban J connectivity index is 2.01. The van der Waals surface area contributed by atoms with Crippen molar-refractivity contribution >= 4 is 27.1 Å². The molecule has 2 heterocycles. The van der Waals surface area contributed by atoms with Crippen molar-refractivity contribution in [1.82, 2.24) is 4.90 Å². The first-order valence-electron chi connectivity index (χ1n) is 7.78. The fraction of sp³-hybridized carbons (Fsp3) is 0.688. The van der Waals surface area contributed by atoms with Gasteiger partial charge in [0.2, 0.25) is 5.91 Å². The number of carbonyl (C=O) groups is 1. The summed E-state index contributed by atoms with van der Waals surface area (Å²) in [5.41, 5.74) is 1.22. The quantitative estimate of drug-likeness (QED) is 0.798. The van der Waals surface area contributed by atoms with Gasteiger partial charge in [-0.15, -0.1) is 11.3 Å². The summed E-state index contributed by atoms with van der Waals surface area (Å²) in [6, 6.07) is 2.07. The molecule has 1 unspecified atom stereocenters. The summed E-state index contributed by atoms with van der Waals surface area (Å²) >= 11 is 1.68. The number of aryl methyl sites for hydroxylation is 1. The standard InChI is InChI=1S/C16H25NO3S2/c1-12(2)9-17(10-15-13(3)4-6-21-15)16(18)8-14-5-7-22(19,20)11-14/h4,6,12,14H,5,7-11H2,1-3H3. The third-order valence-corrected chi connectivity index (χ3v) is 6.88. The first-order chi connectivity index (χ1) is 10.3. The highest BCUT2D eigenvalue weighted by Crippen LogP contribution is 2.24. The van der Waals surface area contributed by atoms with Gasteiger partial charge in [0.05, 0.1) is 18.1 Å². The lowest BCUT2D eigenvalue weighted by atomic mass is 10.0. The molecule has 1 atom stereocenters. The van der Waals surface area contributed by atoms with E-state index in [0.717, 1.165) is 6.54 Å². The molecular formula is C16H25NO3S2. The van der Waals surface area contributed by atoms with Gasteiger partial charge in [-0.2, -0.15) is 0 Å². The van der Waals surface area contributed by atoms with Crippen LogP contribution in [0.1, 0.15) is 37.1 Å². The van der Waals surface area contributed by atoms with Crippen LogP contribution in [0.3, 0.4) is 0 Å². The van der Waals surface area contributed by atoms with E-state index in [-0.39, 0.29) is 23.3 Å². The Morgan fingerprint density at radius 1 is 1.45 bits per heavy atom. The Morgan fingerprint density at radius 2 is 2.18 bits per heavy atom. The molecule has 1 aromatic heterocycles. The van der Waals surface area contributed by atoms with Crippen LogP contribution in [-0.4, -0.2) is 37.3 Å². The summed E-state index contributed by atoms with van der Waals surface area (Å²) in [6.07, 6.45) is 0.984. The molecule has 0 bridgehead atoms. The van der Waals surface area contributed by atoms with E-state index in [1.807, 2.05) is 10.3 Å². The van der Waals surface area contributed by atoms with Crippen LogP contribution in [0.4, 0.5) is 0 Å². The number of hydrogen-bond donors (Lipinski definition) is 0. The normalized spacial score (nSPS) is 20.5. The summed E-state index contributed by atoms with van der Waals surface area (Å²) in [7, 11) is -2.92. The van der Waals surface area contributed by atoms with Crippen molar-refractivity contribution in [3.8, 4) is 0 Å². The van der Waals surface area contributed by atoms with Gasteiger partial charge in [0.25, 0.3) is 0 Å². The fourth-order valence-electron chi connectivity index (χ4n) is 2.84. The summed E-state index contributed by atoms with van der Waals surface area (Å²) in [5.74, 6) is 0.891. The second kappa shape index (κ2) is 7.13. The van der Waals surface area contributed by atoms with Crippen LogP contribution >= 0.6 is 11.3 Å². The van der Waals surface area contributed by atoms with Crippen LogP contribution in [0.25, 0.3) is 0 Å². The van der Waals surface area contributed by atoms with Crippen LogP contribution < -0.4 is 0 Å². The van der Waals surface area contributed by atoms with E-state index >= 15 is 0 Å². The Hall–Kier alpha value is -0.880. The van der Waals surface area contributed by atoms with Crippen LogP contribution in [0.5, 0.6) is 0 Å². The van der Waals surface area contributed by atoms with Gasteiger partial charge in [0, 0.05) is 17.8 Å². The molecule has 22 heavy (non-hydrogen) atoms. The van der Waals surface area contributed by atoms with Gasteiger partial charge >= 0.3 is 0 Å². The molecule has 0 aliphatic carbocycles. The number of nitrogens with zero attached hydrogens (tertiary/aromatic N) is 1. The van der Waals surface area contributed by atoms with Crippen LogP contribution in [0.2, 0.25) is 0 Å². The van der Waals surface area contributed by atoms with E-state index in [2.05, 4.69) is 26.8 Å². The Morgan fingerprint density at radius 3 is 2.68 bits per heavy atom. The lowest BCUT2D eigenvalue weighted by Gasteiger charge is -2.25. The third kappa shape index (κ3) is 4.81. The Bertz CT molecular complexity index is 619. The molecular weight excluding hydrogens is 318 g/mol. The van der Waals surface area contributed by atoms with Gasteiger partial charge in [-0.25, -0.2) is 8.42 Å². The smallest absolute Gasteiger partial charge is 0.223 e. The highest BCUT2D eigenvalue weighted by Gasteiger charge is 2.31. The maximum atomic E-state index is 12.6. The molecule has 0 aromatic carbocycles. The van der Waals surface area contributed by atoms with Crippen molar-refractivity contribution in [3.05, 3.63) is 21.9 Å². The van der Waals surface area contributed by atoms with Gasteiger partial charge < -0.3 is 4.90 Å². The number of carbonyl (C=O) groups excluding carboxylic acids is 1. The van der Waals surface area contributed by atoms with Crippen molar-refractivity contribution in [2.45, 2.75) is 40.2 Å². The summed E-state index contributed by atoms with van der Waals surface area (Å²) in [5, 5.41) is 2.05. The van der Waals surface area contributed by atoms with E-state index in [4.69, 9.17) is 0 Å². The monoisotopic (exact) mass is 343 g/mol. The van der Waals surface area contributed by atoms with Crippen LogP contribution in [-0.2, 0) is 21.2 Å². The zero-order valence-electron chi connectivity index (χ0n) is 13.5. The van der Waals surface area contributed by atoms with E-state index in [9.17, 15) is 13.2 Å². The molecule has 0 saturated carbocycles. The minimum absolute atomic E-state index is 0.00315.